The first-order valence-corrected chi connectivity index (χ1v) is 5.69. The summed E-state index contributed by atoms with van der Waals surface area (Å²) in [5.41, 5.74) is 7.64. The molecule has 1 aliphatic rings. The number of piperidine rings is 1. The molecule has 88 valence electrons. The largest absolute Gasteiger partial charge is 0.395 e. The highest BCUT2D eigenvalue weighted by Gasteiger charge is 2.24. The summed E-state index contributed by atoms with van der Waals surface area (Å²) < 4.78 is 1.58. The van der Waals surface area contributed by atoms with Gasteiger partial charge in [-0.05, 0) is 26.2 Å². The minimum absolute atomic E-state index is 0.0142. The second-order valence-electron chi connectivity index (χ2n) is 4.32. The summed E-state index contributed by atoms with van der Waals surface area (Å²) in [6, 6.07) is 0. The van der Waals surface area contributed by atoms with E-state index >= 15 is 0 Å². The van der Waals surface area contributed by atoms with Crippen LogP contribution in [0.2, 0.25) is 0 Å². The lowest BCUT2D eigenvalue weighted by molar-refractivity contribution is 0.0714. The van der Waals surface area contributed by atoms with Crippen molar-refractivity contribution in [1.82, 2.24) is 14.7 Å². The number of rotatable bonds is 1. The number of nitrogens with two attached hydrogens (primary N) is 1. The van der Waals surface area contributed by atoms with Crippen LogP contribution in [-0.2, 0) is 7.05 Å². The molecule has 0 aliphatic carbocycles. The highest BCUT2D eigenvalue weighted by atomic mass is 16.2. The predicted octanol–water partition coefficient (Wildman–Crippen LogP) is 0.937. The Balaban J connectivity index is 2.25. The summed E-state index contributed by atoms with van der Waals surface area (Å²) in [7, 11) is 1.76. The summed E-state index contributed by atoms with van der Waals surface area (Å²) in [6.07, 6.45) is 3.38. The van der Waals surface area contributed by atoms with E-state index in [9.17, 15) is 4.79 Å². The Bertz CT molecular complexity index is 404. The predicted molar refractivity (Wildman–Crippen MR) is 62.1 cm³/mol. The molecule has 1 saturated heterocycles. The molecular weight excluding hydrogens is 204 g/mol. The Morgan fingerprint density at radius 2 is 1.94 bits per heavy atom. The monoisotopic (exact) mass is 222 g/mol. The zero-order valence-electron chi connectivity index (χ0n) is 9.86. The standard InChI is InChI=1S/C11H18N4O/c1-8-9(12)10(14(2)13-8)11(16)15-6-4-3-5-7-15/h3-7,12H2,1-2H3. The van der Waals surface area contributed by atoms with Gasteiger partial charge in [0.1, 0.15) is 5.69 Å². The van der Waals surface area contributed by atoms with Gasteiger partial charge in [-0.15, -0.1) is 0 Å². The molecule has 5 nitrogen and oxygen atoms in total. The van der Waals surface area contributed by atoms with Gasteiger partial charge >= 0.3 is 0 Å². The number of aryl methyl sites for hydroxylation is 2. The molecule has 2 rings (SSSR count). The van der Waals surface area contributed by atoms with E-state index in [2.05, 4.69) is 5.10 Å². The highest BCUT2D eigenvalue weighted by Crippen LogP contribution is 2.19. The minimum Gasteiger partial charge on any atom is -0.395 e. The van der Waals surface area contributed by atoms with Crippen LogP contribution < -0.4 is 5.73 Å². The maximum Gasteiger partial charge on any atom is 0.274 e. The van der Waals surface area contributed by atoms with E-state index in [0.29, 0.717) is 11.4 Å². The number of amides is 1. The van der Waals surface area contributed by atoms with E-state index in [-0.39, 0.29) is 5.91 Å². The number of nitrogen functional groups attached to an aromatic ring is 1. The van der Waals surface area contributed by atoms with Crippen LogP contribution in [0, 0.1) is 6.92 Å². The van der Waals surface area contributed by atoms with Crippen LogP contribution in [0.3, 0.4) is 0 Å². The van der Waals surface area contributed by atoms with E-state index in [1.165, 1.54) is 6.42 Å². The van der Waals surface area contributed by atoms with Crippen LogP contribution in [0.4, 0.5) is 5.69 Å². The number of hydrogen-bond acceptors (Lipinski definition) is 3. The summed E-state index contributed by atoms with van der Waals surface area (Å²) in [5, 5.41) is 4.17. The van der Waals surface area contributed by atoms with Crippen LogP contribution in [0.15, 0.2) is 0 Å². The summed E-state index contributed by atoms with van der Waals surface area (Å²) in [6.45, 7) is 3.49. The van der Waals surface area contributed by atoms with Gasteiger partial charge in [0, 0.05) is 20.1 Å². The van der Waals surface area contributed by atoms with Gasteiger partial charge in [-0.2, -0.15) is 5.10 Å². The molecule has 2 N–H and O–H groups in total. The van der Waals surface area contributed by atoms with Crippen LogP contribution in [0.1, 0.15) is 35.4 Å². The SMILES string of the molecule is Cc1nn(C)c(C(=O)N2CCCCC2)c1N. The maximum atomic E-state index is 12.2. The van der Waals surface area contributed by atoms with Crippen molar-refractivity contribution >= 4 is 11.6 Å². The van der Waals surface area contributed by atoms with Crippen LogP contribution in [0.25, 0.3) is 0 Å². The quantitative estimate of drug-likeness (QED) is 0.769. The van der Waals surface area contributed by atoms with Gasteiger partial charge in [-0.3, -0.25) is 9.48 Å². The Morgan fingerprint density at radius 1 is 1.31 bits per heavy atom. The molecule has 16 heavy (non-hydrogen) atoms. The van der Waals surface area contributed by atoms with Crippen molar-refractivity contribution in [3.05, 3.63) is 11.4 Å². The minimum atomic E-state index is 0.0142. The van der Waals surface area contributed by atoms with E-state index in [1.54, 1.807) is 11.7 Å². The molecule has 0 atom stereocenters. The maximum absolute atomic E-state index is 12.2. The molecule has 0 bridgehead atoms. The van der Waals surface area contributed by atoms with Gasteiger partial charge in [0.05, 0.1) is 11.4 Å². The second kappa shape index (κ2) is 4.15. The topological polar surface area (TPSA) is 64.2 Å². The second-order valence-corrected chi connectivity index (χ2v) is 4.32. The van der Waals surface area contributed by atoms with Crippen LogP contribution in [0.5, 0.6) is 0 Å². The van der Waals surface area contributed by atoms with E-state index in [0.717, 1.165) is 31.6 Å². The average Bonchev–Trinajstić information content (AvgIpc) is 2.54. The van der Waals surface area contributed by atoms with Crippen molar-refractivity contribution in [1.29, 1.82) is 0 Å². The number of aromatic nitrogens is 2. The van der Waals surface area contributed by atoms with Gasteiger partial charge < -0.3 is 10.6 Å². The number of nitrogens with zero attached hydrogens (tertiary/aromatic N) is 3. The fourth-order valence-corrected chi connectivity index (χ4v) is 2.17. The molecule has 2 heterocycles. The Hall–Kier alpha value is -1.52. The Morgan fingerprint density at radius 3 is 2.44 bits per heavy atom. The number of anilines is 1. The smallest absolute Gasteiger partial charge is 0.274 e. The van der Waals surface area contributed by atoms with Crippen molar-refractivity contribution in [2.45, 2.75) is 26.2 Å². The van der Waals surface area contributed by atoms with Gasteiger partial charge in [0.15, 0.2) is 0 Å². The van der Waals surface area contributed by atoms with Crippen molar-refractivity contribution < 1.29 is 4.79 Å². The van der Waals surface area contributed by atoms with E-state index in [4.69, 9.17) is 5.73 Å². The first kappa shape index (κ1) is 11.0. The lowest BCUT2D eigenvalue weighted by Crippen LogP contribution is -2.37. The third kappa shape index (κ3) is 1.77. The summed E-state index contributed by atoms with van der Waals surface area (Å²) in [5.74, 6) is 0.0142. The number of likely N-dealkylation sites (tertiary alicyclic amines) is 1. The number of hydrogen-bond donors (Lipinski definition) is 1. The third-order valence-corrected chi connectivity index (χ3v) is 3.11. The molecular formula is C11H18N4O. The van der Waals surface area contributed by atoms with Gasteiger partial charge in [0.25, 0.3) is 5.91 Å². The number of carbonyl (C=O) groups excluding carboxylic acids is 1. The lowest BCUT2D eigenvalue weighted by atomic mass is 10.1. The lowest BCUT2D eigenvalue weighted by Gasteiger charge is -2.26. The molecule has 0 saturated carbocycles. The average molecular weight is 222 g/mol. The van der Waals surface area contributed by atoms with Crippen LogP contribution >= 0.6 is 0 Å². The molecule has 5 heteroatoms. The van der Waals surface area contributed by atoms with Crippen LogP contribution in [-0.4, -0.2) is 33.7 Å². The molecule has 0 radical (unpaired) electrons. The zero-order valence-corrected chi connectivity index (χ0v) is 9.86. The fourth-order valence-electron chi connectivity index (χ4n) is 2.17. The normalized spacial score (nSPS) is 16.5. The number of carbonyl (C=O) groups is 1. The molecule has 1 aromatic heterocycles. The summed E-state index contributed by atoms with van der Waals surface area (Å²) in [4.78, 5) is 14.1. The Labute approximate surface area is 95.2 Å². The molecule has 0 spiro atoms. The van der Waals surface area contributed by atoms with E-state index < -0.39 is 0 Å². The van der Waals surface area contributed by atoms with Gasteiger partial charge in [-0.25, -0.2) is 0 Å². The molecule has 1 aliphatic heterocycles. The third-order valence-electron chi connectivity index (χ3n) is 3.11. The van der Waals surface area contributed by atoms with Gasteiger partial charge in [-0.1, -0.05) is 0 Å². The molecule has 1 fully saturated rings. The molecule has 1 aromatic rings. The molecule has 1 amide bonds. The Kier molecular flexibility index (Phi) is 2.85. The molecule has 0 unspecified atom stereocenters. The van der Waals surface area contributed by atoms with Crippen molar-refractivity contribution in [3.63, 3.8) is 0 Å². The summed E-state index contributed by atoms with van der Waals surface area (Å²) >= 11 is 0. The van der Waals surface area contributed by atoms with Crippen molar-refractivity contribution in [2.24, 2.45) is 7.05 Å². The zero-order chi connectivity index (χ0) is 11.7. The first-order chi connectivity index (χ1) is 7.61. The van der Waals surface area contributed by atoms with Gasteiger partial charge in [0.2, 0.25) is 0 Å². The highest BCUT2D eigenvalue weighted by molar-refractivity contribution is 5.98. The van der Waals surface area contributed by atoms with Crippen molar-refractivity contribution in [3.8, 4) is 0 Å². The van der Waals surface area contributed by atoms with E-state index in [1.807, 2.05) is 11.8 Å². The fraction of sp³-hybridized carbons (Fsp3) is 0.636. The van der Waals surface area contributed by atoms with Crippen molar-refractivity contribution in [2.75, 3.05) is 18.8 Å². The first-order valence-electron chi connectivity index (χ1n) is 5.69. The molecule has 0 aromatic carbocycles.